The molecule has 1 N–H and O–H groups in total. The number of alkyl halides is 3. The Hall–Kier alpha value is -2.64. The topological polar surface area (TPSA) is 102 Å². The van der Waals surface area contributed by atoms with Crippen LogP contribution in [0.5, 0.6) is 0 Å². The van der Waals surface area contributed by atoms with Crippen LogP contribution in [-0.2, 0) is 11.0 Å². The van der Waals surface area contributed by atoms with Crippen molar-refractivity contribution < 1.29 is 27.3 Å². The van der Waals surface area contributed by atoms with E-state index in [1.807, 2.05) is 0 Å². The predicted molar refractivity (Wildman–Crippen MR) is 98.2 cm³/mol. The molecule has 3 rings (SSSR count). The van der Waals surface area contributed by atoms with Gasteiger partial charge < -0.3 is 4.42 Å². The molecular weight excluding hydrogens is 445 g/mol. The van der Waals surface area contributed by atoms with Gasteiger partial charge in [-0.2, -0.15) is 18.2 Å². The lowest BCUT2D eigenvalue weighted by atomic mass is 10.3. The second-order valence-electron chi connectivity index (χ2n) is 5.11. The molecule has 1 aliphatic rings. The summed E-state index contributed by atoms with van der Waals surface area (Å²) in [4.78, 5) is 26.0. The van der Waals surface area contributed by atoms with Crippen LogP contribution >= 0.6 is 35.6 Å². The highest BCUT2D eigenvalue weighted by atomic mass is 35.5. The van der Waals surface area contributed by atoms with Gasteiger partial charge in [-0.25, -0.2) is 4.98 Å². The fourth-order valence-electron chi connectivity index (χ4n) is 1.99. The van der Waals surface area contributed by atoms with Gasteiger partial charge in [0.1, 0.15) is 10.7 Å². The first-order valence-corrected chi connectivity index (χ1v) is 8.68. The van der Waals surface area contributed by atoms with Gasteiger partial charge in [0.25, 0.3) is 5.91 Å². The van der Waals surface area contributed by atoms with Crippen LogP contribution in [0.3, 0.4) is 0 Å². The number of furan rings is 1. The first-order chi connectivity index (χ1) is 13.1. The highest BCUT2D eigenvalue weighted by Crippen LogP contribution is 2.36. The van der Waals surface area contributed by atoms with E-state index in [9.17, 15) is 28.1 Å². The van der Waals surface area contributed by atoms with Gasteiger partial charge in [0, 0.05) is 12.3 Å². The molecule has 3 heterocycles. The van der Waals surface area contributed by atoms with E-state index in [4.69, 9.17) is 28.2 Å². The summed E-state index contributed by atoms with van der Waals surface area (Å²) in [5.74, 6) is -1.31. The third kappa shape index (κ3) is 4.10. The maximum absolute atomic E-state index is 12.7. The molecular formula is C14H6ClF3N4O4S2. The number of amides is 1. The number of pyridine rings is 1. The molecule has 0 saturated carbocycles. The van der Waals surface area contributed by atoms with E-state index in [2.05, 4.69) is 10.4 Å². The summed E-state index contributed by atoms with van der Waals surface area (Å²) in [6.07, 6.45) is -2.81. The smallest absolute Gasteiger partial charge is 0.401 e. The molecule has 0 atom stereocenters. The first-order valence-electron chi connectivity index (χ1n) is 7.08. The summed E-state index contributed by atoms with van der Waals surface area (Å²) in [7, 11) is 0. The van der Waals surface area contributed by atoms with Gasteiger partial charge in [0.15, 0.2) is 10.1 Å². The van der Waals surface area contributed by atoms with Crippen molar-refractivity contribution in [1.29, 1.82) is 0 Å². The van der Waals surface area contributed by atoms with Crippen molar-refractivity contribution in [2.45, 2.75) is 6.18 Å². The number of hydrogen-bond donors (Lipinski definition) is 1. The Bertz CT molecular complexity index is 1020. The molecule has 1 fully saturated rings. The van der Waals surface area contributed by atoms with Crippen molar-refractivity contribution in [2.24, 2.45) is 0 Å². The fraction of sp³-hybridized carbons (Fsp3) is 0.0714. The third-order valence-electron chi connectivity index (χ3n) is 3.25. The van der Waals surface area contributed by atoms with E-state index in [-0.39, 0.29) is 25.8 Å². The van der Waals surface area contributed by atoms with Crippen LogP contribution in [0.1, 0.15) is 11.3 Å². The molecule has 2 aromatic rings. The maximum Gasteiger partial charge on any atom is 0.433 e. The number of thioether (sulfide) groups is 1. The van der Waals surface area contributed by atoms with Crippen molar-refractivity contribution >= 4 is 63.6 Å². The van der Waals surface area contributed by atoms with Crippen LogP contribution in [0.15, 0.2) is 33.7 Å². The first kappa shape index (κ1) is 20.1. The quantitative estimate of drug-likeness (QED) is 0.315. The highest BCUT2D eigenvalue weighted by molar-refractivity contribution is 8.26. The zero-order valence-corrected chi connectivity index (χ0v) is 15.6. The van der Waals surface area contributed by atoms with E-state index < -0.39 is 28.5 Å². The molecule has 0 radical (unpaired) electrons. The molecule has 0 aromatic carbocycles. The molecule has 14 heteroatoms. The van der Waals surface area contributed by atoms with Crippen LogP contribution in [0.2, 0.25) is 5.02 Å². The number of nitrogens with one attached hydrogen (secondary N) is 1. The van der Waals surface area contributed by atoms with Crippen LogP contribution in [0.4, 0.5) is 24.9 Å². The number of aromatic nitrogens is 1. The Morgan fingerprint density at radius 2 is 2.14 bits per heavy atom. The van der Waals surface area contributed by atoms with Gasteiger partial charge in [0.05, 0.1) is 21.6 Å². The molecule has 1 amide bonds. The molecule has 8 nitrogen and oxygen atoms in total. The SMILES string of the molecule is O=C1/C(=C/c2ccc([N+](=O)[O-])o2)SC(=S)N1Nc1ncc(C(F)(F)F)cc1Cl. The fourth-order valence-corrected chi connectivity index (χ4v) is 3.36. The Kier molecular flexibility index (Phi) is 5.32. The lowest BCUT2D eigenvalue weighted by Crippen LogP contribution is -2.34. The van der Waals surface area contributed by atoms with E-state index in [1.54, 1.807) is 0 Å². The summed E-state index contributed by atoms with van der Waals surface area (Å²) >= 11 is 11.7. The van der Waals surface area contributed by atoms with E-state index in [1.165, 1.54) is 12.1 Å². The molecule has 1 aliphatic heterocycles. The minimum absolute atomic E-state index is 0.0232. The molecule has 1 saturated heterocycles. The summed E-state index contributed by atoms with van der Waals surface area (Å²) in [6, 6.07) is 3.08. The summed E-state index contributed by atoms with van der Waals surface area (Å²) in [6.45, 7) is 0. The number of carbonyl (C=O) groups is 1. The number of thiocarbonyl (C=S) groups is 1. The molecule has 28 heavy (non-hydrogen) atoms. The number of hydrogen-bond acceptors (Lipinski definition) is 8. The van der Waals surface area contributed by atoms with E-state index in [0.29, 0.717) is 12.3 Å². The predicted octanol–water partition coefficient (Wildman–Crippen LogP) is 4.48. The summed E-state index contributed by atoms with van der Waals surface area (Å²) < 4.78 is 43.0. The number of nitrogens with zero attached hydrogens (tertiary/aromatic N) is 3. The van der Waals surface area contributed by atoms with Crippen molar-refractivity contribution in [3.05, 3.63) is 55.8 Å². The monoisotopic (exact) mass is 450 g/mol. The van der Waals surface area contributed by atoms with Crippen molar-refractivity contribution in [1.82, 2.24) is 9.99 Å². The Morgan fingerprint density at radius 1 is 1.43 bits per heavy atom. The van der Waals surface area contributed by atoms with Crippen LogP contribution < -0.4 is 5.43 Å². The number of nitro groups is 1. The van der Waals surface area contributed by atoms with E-state index >= 15 is 0 Å². The number of halogens is 4. The lowest BCUT2D eigenvalue weighted by molar-refractivity contribution is -0.402. The lowest BCUT2D eigenvalue weighted by Gasteiger charge is -2.17. The second kappa shape index (κ2) is 7.41. The average molecular weight is 451 g/mol. The van der Waals surface area contributed by atoms with Gasteiger partial charge >= 0.3 is 12.1 Å². The minimum Gasteiger partial charge on any atom is -0.401 e. The summed E-state index contributed by atoms with van der Waals surface area (Å²) in [5, 5.41) is 11.1. The third-order valence-corrected chi connectivity index (χ3v) is 4.84. The molecule has 0 unspecified atom stereocenters. The van der Waals surface area contributed by atoms with Crippen LogP contribution in [0.25, 0.3) is 6.08 Å². The van der Waals surface area contributed by atoms with Gasteiger partial charge in [0.2, 0.25) is 0 Å². The normalized spacial score (nSPS) is 16.1. The van der Waals surface area contributed by atoms with Gasteiger partial charge in [-0.1, -0.05) is 23.4 Å². The highest BCUT2D eigenvalue weighted by Gasteiger charge is 2.35. The molecule has 146 valence electrons. The number of rotatable bonds is 4. The van der Waals surface area contributed by atoms with Crippen molar-refractivity contribution in [3.63, 3.8) is 0 Å². The zero-order chi connectivity index (χ0) is 20.6. The van der Waals surface area contributed by atoms with Gasteiger partial charge in [-0.15, -0.1) is 0 Å². The molecule has 0 aliphatic carbocycles. The largest absolute Gasteiger partial charge is 0.433 e. The number of anilines is 1. The number of carbonyl (C=O) groups excluding carboxylic acids is 1. The zero-order valence-electron chi connectivity index (χ0n) is 13.2. The second-order valence-corrected chi connectivity index (χ2v) is 7.20. The van der Waals surface area contributed by atoms with Crippen molar-refractivity contribution in [3.8, 4) is 0 Å². The average Bonchev–Trinajstić information content (AvgIpc) is 3.16. The molecule has 0 spiro atoms. The summed E-state index contributed by atoms with van der Waals surface area (Å²) in [5.41, 5.74) is 1.41. The van der Waals surface area contributed by atoms with E-state index in [0.717, 1.165) is 22.8 Å². The van der Waals surface area contributed by atoms with Gasteiger partial charge in [-0.3, -0.25) is 20.3 Å². The molecule has 0 bridgehead atoms. The maximum atomic E-state index is 12.7. The minimum atomic E-state index is -4.62. The Labute approximate surface area is 168 Å². The number of hydrazine groups is 1. The van der Waals surface area contributed by atoms with Crippen LogP contribution in [0, 0.1) is 10.1 Å². The molecule has 2 aromatic heterocycles. The van der Waals surface area contributed by atoms with Crippen molar-refractivity contribution in [2.75, 3.05) is 5.43 Å². The standard InChI is InChI=1S/C14H6ClF3N4O4S2/c15-8-3-6(14(16,17)18)5-19-11(8)20-21-12(23)9(28-13(21)27)4-7-1-2-10(26-7)22(24)25/h1-5H,(H,19,20)/b9-4-. The Balaban J connectivity index is 1.80. The van der Waals surface area contributed by atoms with Crippen LogP contribution in [-0.4, -0.2) is 25.1 Å². The Morgan fingerprint density at radius 3 is 2.71 bits per heavy atom. The van der Waals surface area contributed by atoms with Gasteiger partial charge in [-0.05, 0) is 24.4 Å².